The number of amides is 2. The molecule has 0 atom stereocenters. The van der Waals surface area contributed by atoms with Crippen LogP contribution >= 0.6 is 0 Å². The zero-order valence-corrected chi connectivity index (χ0v) is 22.6. The van der Waals surface area contributed by atoms with Gasteiger partial charge in [0.25, 0.3) is 11.8 Å². The Hall–Kier alpha value is -5.67. The van der Waals surface area contributed by atoms with Crippen molar-refractivity contribution in [1.82, 2.24) is 15.6 Å². The number of hydrogen-bond acceptors (Lipinski definition) is 6. The normalized spacial score (nSPS) is 10.4. The fraction of sp³-hybridized carbons (Fsp3) is 0.185. The summed E-state index contributed by atoms with van der Waals surface area (Å²) >= 11 is 0. The first-order valence-electron chi connectivity index (χ1n) is 12.5. The molecule has 0 spiro atoms. The molecule has 0 unspecified atom stereocenters. The number of nitrogens with two attached hydrogens (primary N) is 2. The van der Waals surface area contributed by atoms with E-state index in [9.17, 15) is 22.8 Å². The van der Waals surface area contributed by atoms with E-state index < -0.39 is 18.1 Å². The number of carbonyl (C=O) groups excluding carboxylic acids is 2. The zero-order valence-electron chi connectivity index (χ0n) is 22.6. The number of hydrogen-bond donors (Lipinski definition) is 9. The lowest BCUT2D eigenvalue weighted by molar-refractivity contribution is -0.192. The average Bonchev–Trinajstić information content (AvgIpc) is 2.94. The number of guanidine groups is 2. The minimum absolute atomic E-state index is 0.0718. The van der Waals surface area contributed by atoms with Gasteiger partial charge in [-0.2, -0.15) is 13.2 Å². The lowest BCUT2D eigenvalue weighted by Crippen LogP contribution is -2.31. The third-order valence-electron chi connectivity index (χ3n) is 5.38. The Kier molecular flexibility index (Phi) is 12.4. The molecule has 2 aromatic carbocycles. The van der Waals surface area contributed by atoms with E-state index in [1.165, 1.54) is 18.3 Å². The van der Waals surface area contributed by atoms with E-state index >= 15 is 0 Å². The van der Waals surface area contributed by atoms with E-state index in [1.54, 1.807) is 24.3 Å². The predicted molar refractivity (Wildman–Crippen MR) is 154 cm³/mol. The van der Waals surface area contributed by atoms with E-state index in [0.29, 0.717) is 42.9 Å². The van der Waals surface area contributed by atoms with Gasteiger partial charge in [0.2, 0.25) is 0 Å². The quantitative estimate of drug-likeness (QED) is 0.122. The van der Waals surface area contributed by atoms with Gasteiger partial charge in [-0.15, -0.1) is 0 Å². The molecule has 2 amide bonds. The average molecular weight is 602 g/mol. The van der Waals surface area contributed by atoms with Crippen LogP contribution in [0, 0.1) is 10.8 Å². The van der Waals surface area contributed by atoms with Crippen molar-refractivity contribution in [1.29, 1.82) is 10.8 Å². The number of rotatable bonds is 10. The number of halogens is 3. The number of alkyl halides is 3. The Morgan fingerprint density at radius 1 is 0.767 bits per heavy atom. The van der Waals surface area contributed by atoms with Crippen molar-refractivity contribution < 1.29 is 32.7 Å². The molecule has 0 saturated carbocycles. The topological polar surface area (TPSA) is 232 Å². The molecule has 1 heterocycles. The molecule has 3 aromatic rings. The van der Waals surface area contributed by atoms with Gasteiger partial charge in [-0.25, -0.2) is 4.79 Å². The number of pyridine rings is 1. The number of aromatic nitrogens is 1. The van der Waals surface area contributed by atoms with E-state index in [0.717, 1.165) is 11.1 Å². The van der Waals surface area contributed by atoms with Crippen LogP contribution in [-0.2, 0) is 17.6 Å². The summed E-state index contributed by atoms with van der Waals surface area (Å²) in [6.07, 6.45) is -2.29. The molecule has 0 fully saturated rings. The monoisotopic (exact) mass is 601 g/mol. The largest absolute Gasteiger partial charge is 0.490 e. The Morgan fingerprint density at radius 3 is 1.58 bits per heavy atom. The highest BCUT2D eigenvalue weighted by atomic mass is 19.4. The number of carboxylic acid groups (broad SMARTS) is 1. The second-order valence-corrected chi connectivity index (χ2v) is 8.72. The molecule has 0 saturated heterocycles. The number of nitrogens with zero attached hydrogens (tertiary/aromatic N) is 1. The molecule has 3 rings (SSSR count). The first kappa shape index (κ1) is 33.5. The van der Waals surface area contributed by atoms with E-state index in [-0.39, 0.29) is 23.5 Å². The molecule has 228 valence electrons. The molecule has 1 aromatic heterocycles. The summed E-state index contributed by atoms with van der Waals surface area (Å²) in [6, 6.07) is 17.6. The Balaban J connectivity index is 0.000000821. The standard InChI is InChI=1S/C25H29N9O2.C2HF3O2/c26-24(27)31-12-9-16-1-5-19(6-2-16)33-22(35)18-11-14-30-21(15-18)23(36)34-20-7-3-17(4-8-20)10-13-32-25(28)29;3-2(4,5)1(6)7/h1-8,11,14-15H,9-10,12-13H2,(H,33,35)(H,34,36)(H4,26,27,31)(H4,28,29,32);(H,6,7). The third kappa shape index (κ3) is 12.6. The van der Waals surface area contributed by atoms with Gasteiger partial charge in [-0.1, -0.05) is 24.3 Å². The highest BCUT2D eigenvalue weighted by molar-refractivity contribution is 6.07. The summed E-state index contributed by atoms with van der Waals surface area (Å²) in [7, 11) is 0. The minimum Gasteiger partial charge on any atom is -0.475 e. The zero-order chi connectivity index (χ0) is 32.0. The van der Waals surface area contributed by atoms with Gasteiger partial charge in [0, 0.05) is 36.2 Å². The molecule has 0 bridgehead atoms. The smallest absolute Gasteiger partial charge is 0.475 e. The van der Waals surface area contributed by atoms with E-state index in [2.05, 4.69) is 26.3 Å². The molecular weight excluding hydrogens is 571 g/mol. The second-order valence-electron chi connectivity index (χ2n) is 8.72. The molecule has 13 nitrogen and oxygen atoms in total. The van der Waals surface area contributed by atoms with Crippen LogP contribution in [0.15, 0.2) is 66.9 Å². The van der Waals surface area contributed by atoms with Gasteiger partial charge in [-0.05, 0) is 60.4 Å². The number of aliphatic carboxylic acids is 1. The van der Waals surface area contributed by atoms with Gasteiger partial charge >= 0.3 is 12.1 Å². The summed E-state index contributed by atoms with van der Waals surface area (Å²) < 4.78 is 31.7. The number of carboxylic acids is 1. The van der Waals surface area contributed by atoms with Crippen LogP contribution in [-0.4, -0.2) is 59.1 Å². The Labute approximate surface area is 243 Å². The van der Waals surface area contributed by atoms with Gasteiger partial charge in [0.15, 0.2) is 11.9 Å². The van der Waals surface area contributed by atoms with Crippen LogP contribution < -0.4 is 32.7 Å². The van der Waals surface area contributed by atoms with Gasteiger partial charge in [0.1, 0.15) is 5.69 Å². The van der Waals surface area contributed by atoms with Crippen LogP contribution in [0.1, 0.15) is 32.0 Å². The molecule has 11 N–H and O–H groups in total. The first-order valence-corrected chi connectivity index (χ1v) is 12.5. The van der Waals surface area contributed by atoms with Gasteiger partial charge < -0.3 is 37.8 Å². The molecule has 0 aliphatic heterocycles. The summed E-state index contributed by atoms with van der Waals surface area (Å²) in [5.74, 6) is -3.69. The van der Waals surface area contributed by atoms with Crippen molar-refractivity contribution in [3.8, 4) is 0 Å². The SMILES string of the molecule is N=C(N)NCCc1ccc(NC(=O)c2ccnc(C(=O)Nc3ccc(CCNC(=N)N)cc3)c2)cc1.O=C(O)C(F)(F)F. The fourth-order valence-electron chi connectivity index (χ4n) is 3.29. The predicted octanol–water partition coefficient (Wildman–Crippen LogP) is 2.27. The number of carbonyl (C=O) groups is 3. The maximum absolute atomic E-state index is 12.7. The van der Waals surface area contributed by atoms with Crippen LogP contribution in [0.25, 0.3) is 0 Å². The van der Waals surface area contributed by atoms with Crippen LogP contribution in [0.4, 0.5) is 24.5 Å². The Bertz CT molecular complexity index is 1340. The van der Waals surface area contributed by atoms with Gasteiger partial charge in [-0.3, -0.25) is 25.4 Å². The summed E-state index contributed by atoms with van der Waals surface area (Å²) in [5, 5.41) is 32.5. The maximum atomic E-state index is 12.7. The first-order chi connectivity index (χ1) is 20.2. The fourth-order valence-corrected chi connectivity index (χ4v) is 3.29. The molecular formula is C27H30F3N9O4. The van der Waals surface area contributed by atoms with Crippen molar-refractivity contribution in [3.63, 3.8) is 0 Å². The highest BCUT2D eigenvalue weighted by Gasteiger charge is 2.38. The van der Waals surface area contributed by atoms with Crippen molar-refractivity contribution in [2.75, 3.05) is 23.7 Å². The molecule has 16 heteroatoms. The Morgan fingerprint density at radius 2 is 1.19 bits per heavy atom. The molecule has 43 heavy (non-hydrogen) atoms. The molecule has 0 aliphatic carbocycles. The van der Waals surface area contributed by atoms with E-state index in [4.69, 9.17) is 32.2 Å². The van der Waals surface area contributed by atoms with Crippen LogP contribution in [0.5, 0.6) is 0 Å². The lowest BCUT2D eigenvalue weighted by atomic mass is 10.1. The lowest BCUT2D eigenvalue weighted by Gasteiger charge is -2.09. The highest BCUT2D eigenvalue weighted by Crippen LogP contribution is 2.15. The minimum atomic E-state index is -5.08. The summed E-state index contributed by atoms with van der Waals surface area (Å²) in [6.45, 7) is 1.09. The van der Waals surface area contributed by atoms with Crippen molar-refractivity contribution >= 4 is 41.1 Å². The number of anilines is 2. The summed E-state index contributed by atoms with van der Waals surface area (Å²) in [5.41, 5.74) is 14.2. The second kappa shape index (κ2) is 15.9. The molecule has 0 aliphatic rings. The molecule has 0 radical (unpaired) electrons. The van der Waals surface area contributed by atoms with Crippen LogP contribution in [0.2, 0.25) is 0 Å². The van der Waals surface area contributed by atoms with Gasteiger partial charge in [0.05, 0.1) is 0 Å². The summed E-state index contributed by atoms with van der Waals surface area (Å²) in [4.78, 5) is 38.4. The maximum Gasteiger partial charge on any atom is 0.490 e. The number of nitrogens with one attached hydrogen (secondary N) is 6. The van der Waals surface area contributed by atoms with Crippen molar-refractivity contribution in [2.45, 2.75) is 19.0 Å². The van der Waals surface area contributed by atoms with E-state index in [1.807, 2.05) is 24.3 Å². The van der Waals surface area contributed by atoms with Crippen molar-refractivity contribution in [2.24, 2.45) is 11.5 Å². The van der Waals surface area contributed by atoms with Crippen LogP contribution in [0.3, 0.4) is 0 Å². The third-order valence-corrected chi connectivity index (χ3v) is 5.38. The number of benzene rings is 2. The van der Waals surface area contributed by atoms with Crippen molar-refractivity contribution in [3.05, 3.63) is 89.2 Å².